The Bertz CT molecular complexity index is 396. The maximum absolute atomic E-state index is 9.48. The number of hydrogen-bond acceptors (Lipinski definition) is 2. The Labute approximate surface area is 103 Å². The van der Waals surface area contributed by atoms with E-state index in [2.05, 4.69) is 24.0 Å². The SMILES string of the molecule is OC1(C#CCCCOCc2ccccc2)CC1. The highest BCUT2D eigenvalue weighted by Gasteiger charge is 2.38. The van der Waals surface area contributed by atoms with Crippen LogP contribution in [0.25, 0.3) is 0 Å². The van der Waals surface area contributed by atoms with Gasteiger partial charge in [-0.1, -0.05) is 36.3 Å². The van der Waals surface area contributed by atoms with Crippen molar-refractivity contribution in [1.29, 1.82) is 0 Å². The van der Waals surface area contributed by atoms with E-state index in [0.717, 1.165) is 32.3 Å². The summed E-state index contributed by atoms with van der Waals surface area (Å²) in [5.41, 5.74) is 0.566. The molecule has 0 amide bonds. The fourth-order valence-electron chi connectivity index (χ4n) is 1.50. The summed E-state index contributed by atoms with van der Waals surface area (Å²) in [5.74, 6) is 5.90. The summed E-state index contributed by atoms with van der Waals surface area (Å²) in [6.07, 6.45) is 3.40. The van der Waals surface area contributed by atoms with Gasteiger partial charge >= 0.3 is 0 Å². The number of hydrogen-bond donors (Lipinski definition) is 1. The molecule has 1 aliphatic carbocycles. The highest BCUT2D eigenvalue weighted by molar-refractivity contribution is 5.21. The van der Waals surface area contributed by atoms with Gasteiger partial charge in [-0.15, -0.1) is 5.92 Å². The molecule has 0 heterocycles. The molecular weight excluding hydrogens is 212 g/mol. The average molecular weight is 230 g/mol. The van der Waals surface area contributed by atoms with Gasteiger partial charge in [-0.3, -0.25) is 0 Å². The van der Waals surface area contributed by atoms with Gasteiger partial charge in [-0.05, 0) is 24.8 Å². The van der Waals surface area contributed by atoms with Gasteiger partial charge in [0.2, 0.25) is 0 Å². The lowest BCUT2D eigenvalue weighted by Gasteiger charge is -2.02. The molecule has 0 saturated heterocycles. The second kappa shape index (κ2) is 5.86. The molecular formula is C15H18O2. The summed E-state index contributed by atoms with van der Waals surface area (Å²) in [4.78, 5) is 0. The quantitative estimate of drug-likeness (QED) is 0.622. The van der Waals surface area contributed by atoms with Crippen LogP contribution in [-0.4, -0.2) is 17.3 Å². The topological polar surface area (TPSA) is 29.5 Å². The van der Waals surface area contributed by atoms with Crippen molar-refractivity contribution in [2.24, 2.45) is 0 Å². The van der Waals surface area contributed by atoms with Crippen LogP contribution in [0.1, 0.15) is 31.2 Å². The Hall–Kier alpha value is -1.30. The lowest BCUT2D eigenvalue weighted by atomic mass is 10.2. The Morgan fingerprint density at radius 2 is 2.00 bits per heavy atom. The molecule has 90 valence electrons. The number of unbranched alkanes of at least 4 members (excludes halogenated alkanes) is 1. The molecule has 0 bridgehead atoms. The molecule has 1 aliphatic rings. The van der Waals surface area contributed by atoms with Crippen LogP contribution >= 0.6 is 0 Å². The van der Waals surface area contributed by atoms with Gasteiger partial charge < -0.3 is 9.84 Å². The minimum atomic E-state index is -0.634. The van der Waals surface area contributed by atoms with Crippen molar-refractivity contribution < 1.29 is 9.84 Å². The molecule has 2 nitrogen and oxygen atoms in total. The van der Waals surface area contributed by atoms with Crippen molar-refractivity contribution in [3.05, 3.63) is 35.9 Å². The molecule has 17 heavy (non-hydrogen) atoms. The van der Waals surface area contributed by atoms with E-state index < -0.39 is 5.60 Å². The van der Waals surface area contributed by atoms with Crippen LogP contribution in [0.4, 0.5) is 0 Å². The zero-order chi connectivity index (χ0) is 12.0. The van der Waals surface area contributed by atoms with Crippen molar-refractivity contribution in [1.82, 2.24) is 0 Å². The Morgan fingerprint density at radius 3 is 2.71 bits per heavy atom. The van der Waals surface area contributed by atoms with E-state index in [1.165, 1.54) is 5.56 Å². The molecule has 0 radical (unpaired) electrons. The van der Waals surface area contributed by atoms with E-state index in [1.807, 2.05) is 18.2 Å². The monoisotopic (exact) mass is 230 g/mol. The number of rotatable bonds is 5. The van der Waals surface area contributed by atoms with Gasteiger partial charge in [-0.2, -0.15) is 0 Å². The summed E-state index contributed by atoms with van der Waals surface area (Å²) in [6, 6.07) is 10.1. The van der Waals surface area contributed by atoms with E-state index in [9.17, 15) is 5.11 Å². The molecule has 0 atom stereocenters. The fourth-order valence-corrected chi connectivity index (χ4v) is 1.50. The largest absolute Gasteiger partial charge is 0.378 e. The summed E-state index contributed by atoms with van der Waals surface area (Å²) < 4.78 is 5.54. The molecule has 0 aromatic heterocycles. The minimum absolute atomic E-state index is 0.634. The summed E-state index contributed by atoms with van der Waals surface area (Å²) >= 11 is 0. The first-order valence-electron chi connectivity index (χ1n) is 6.13. The van der Waals surface area contributed by atoms with Gasteiger partial charge in [0.15, 0.2) is 0 Å². The first-order chi connectivity index (χ1) is 8.29. The van der Waals surface area contributed by atoms with Crippen LogP contribution in [0.3, 0.4) is 0 Å². The zero-order valence-electron chi connectivity index (χ0n) is 9.98. The van der Waals surface area contributed by atoms with E-state index in [0.29, 0.717) is 6.61 Å². The molecule has 0 unspecified atom stereocenters. The van der Waals surface area contributed by atoms with Crippen LogP contribution in [0.5, 0.6) is 0 Å². The normalized spacial score (nSPS) is 16.1. The third-order valence-corrected chi connectivity index (χ3v) is 2.75. The third kappa shape index (κ3) is 4.60. The number of ether oxygens (including phenoxy) is 1. The standard InChI is InChI=1S/C15H18O2/c16-15(10-11-15)9-5-2-6-12-17-13-14-7-3-1-4-8-14/h1,3-4,7-8,16H,2,6,10-13H2. The molecule has 1 fully saturated rings. The van der Waals surface area contributed by atoms with Crippen LogP contribution in [0.15, 0.2) is 30.3 Å². The smallest absolute Gasteiger partial charge is 0.125 e. The molecule has 2 heteroatoms. The highest BCUT2D eigenvalue weighted by atomic mass is 16.5. The van der Waals surface area contributed by atoms with Crippen molar-refractivity contribution in [3.63, 3.8) is 0 Å². The maximum atomic E-state index is 9.48. The maximum Gasteiger partial charge on any atom is 0.125 e. The summed E-state index contributed by atoms with van der Waals surface area (Å²) in [5, 5.41) is 9.48. The summed E-state index contributed by atoms with van der Waals surface area (Å²) in [6.45, 7) is 1.39. The van der Waals surface area contributed by atoms with Crippen LogP contribution in [0.2, 0.25) is 0 Å². The van der Waals surface area contributed by atoms with Crippen LogP contribution < -0.4 is 0 Å². The van der Waals surface area contributed by atoms with Crippen molar-refractivity contribution in [3.8, 4) is 11.8 Å². The fraction of sp³-hybridized carbons (Fsp3) is 0.467. The average Bonchev–Trinajstić information content (AvgIpc) is 3.08. The molecule has 1 aromatic rings. The van der Waals surface area contributed by atoms with Gasteiger partial charge in [-0.25, -0.2) is 0 Å². The first kappa shape index (κ1) is 12.2. The molecule has 1 N–H and O–H groups in total. The van der Waals surface area contributed by atoms with Crippen LogP contribution in [-0.2, 0) is 11.3 Å². The summed E-state index contributed by atoms with van der Waals surface area (Å²) in [7, 11) is 0. The minimum Gasteiger partial charge on any atom is -0.378 e. The molecule has 0 aliphatic heterocycles. The lowest BCUT2D eigenvalue weighted by molar-refractivity contribution is 0.119. The predicted octanol–water partition coefficient (Wildman–Crippen LogP) is 2.51. The Balaban J connectivity index is 1.53. The first-order valence-corrected chi connectivity index (χ1v) is 6.13. The van der Waals surface area contributed by atoms with E-state index in [-0.39, 0.29) is 0 Å². The second-order valence-corrected chi connectivity index (χ2v) is 4.48. The van der Waals surface area contributed by atoms with Crippen LogP contribution in [0, 0.1) is 11.8 Å². The Kier molecular flexibility index (Phi) is 4.19. The molecule has 1 aromatic carbocycles. The van der Waals surface area contributed by atoms with Gasteiger partial charge in [0, 0.05) is 13.0 Å². The van der Waals surface area contributed by atoms with E-state index in [4.69, 9.17) is 4.74 Å². The van der Waals surface area contributed by atoms with Gasteiger partial charge in [0.1, 0.15) is 5.60 Å². The highest BCUT2D eigenvalue weighted by Crippen LogP contribution is 2.33. The van der Waals surface area contributed by atoms with Gasteiger partial charge in [0.05, 0.1) is 6.61 Å². The Morgan fingerprint density at radius 1 is 1.24 bits per heavy atom. The number of aliphatic hydroxyl groups is 1. The van der Waals surface area contributed by atoms with Crippen molar-refractivity contribution >= 4 is 0 Å². The van der Waals surface area contributed by atoms with Gasteiger partial charge in [0.25, 0.3) is 0 Å². The van der Waals surface area contributed by atoms with E-state index in [1.54, 1.807) is 0 Å². The van der Waals surface area contributed by atoms with Crippen molar-refractivity contribution in [2.75, 3.05) is 6.61 Å². The lowest BCUT2D eigenvalue weighted by Crippen LogP contribution is -2.00. The molecule has 1 saturated carbocycles. The zero-order valence-corrected chi connectivity index (χ0v) is 9.98. The molecule has 2 rings (SSSR count). The second-order valence-electron chi connectivity index (χ2n) is 4.48. The predicted molar refractivity (Wildman–Crippen MR) is 67.3 cm³/mol. The van der Waals surface area contributed by atoms with E-state index >= 15 is 0 Å². The third-order valence-electron chi connectivity index (χ3n) is 2.75. The number of benzene rings is 1. The molecule has 0 spiro atoms. The van der Waals surface area contributed by atoms with Crippen molar-refractivity contribution in [2.45, 2.75) is 37.9 Å².